The van der Waals surface area contributed by atoms with E-state index in [1.54, 1.807) is 0 Å². The van der Waals surface area contributed by atoms with Crippen molar-refractivity contribution in [2.24, 2.45) is 0 Å². The van der Waals surface area contributed by atoms with Gasteiger partial charge in [-0.3, -0.25) is 0 Å². The minimum Gasteiger partial charge on any atom is -0.411 e. The van der Waals surface area contributed by atoms with E-state index in [-0.39, 0.29) is 0 Å². The Morgan fingerprint density at radius 1 is 1.16 bits per heavy atom. The second-order valence-corrected chi connectivity index (χ2v) is 10.7. The summed E-state index contributed by atoms with van der Waals surface area (Å²) in [7, 11) is -1.38. The molecule has 0 amide bonds. The Morgan fingerprint density at radius 2 is 1.79 bits per heavy atom. The summed E-state index contributed by atoms with van der Waals surface area (Å²) < 4.78 is 5.99. The number of hydrogen-bond acceptors (Lipinski definition) is 1. The third-order valence-corrected chi connectivity index (χ3v) is 4.03. The zero-order chi connectivity index (χ0) is 14.6. The second kappa shape index (κ2) is 11.5. The maximum atomic E-state index is 5.99. The zero-order valence-electron chi connectivity index (χ0n) is 13.6. The fourth-order valence-corrected chi connectivity index (χ4v) is 3.16. The number of unbranched alkanes of at least 4 members (excludes halogenated alkanes) is 3. The quantitative estimate of drug-likeness (QED) is 0.297. The van der Waals surface area contributed by atoms with Gasteiger partial charge in [-0.05, 0) is 45.3 Å². The molecule has 1 atom stereocenters. The summed E-state index contributed by atoms with van der Waals surface area (Å²) >= 11 is 0. The molecule has 0 fully saturated rings. The summed E-state index contributed by atoms with van der Waals surface area (Å²) in [6.45, 7) is 12.8. The van der Waals surface area contributed by atoms with Gasteiger partial charge >= 0.3 is 0 Å². The van der Waals surface area contributed by atoms with Crippen molar-refractivity contribution in [2.45, 2.75) is 84.0 Å². The lowest BCUT2D eigenvalue weighted by Gasteiger charge is -2.24. The molecule has 0 aromatic carbocycles. The topological polar surface area (TPSA) is 9.23 Å². The van der Waals surface area contributed by atoms with E-state index in [9.17, 15) is 0 Å². The Morgan fingerprint density at radius 3 is 2.16 bits per heavy atom. The van der Waals surface area contributed by atoms with Crippen LogP contribution in [0.4, 0.5) is 0 Å². The normalized spacial score (nSPS) is 15.8. The first-order chi connectivity index (χ1) is 8.99. The van der Waals surface area contributed by atoms with Crippen molar-refractivity contribution in [3.8, 4) is 0 Å². The molecule has 0 spiro atoms. The Labute approximate surface area is 122 Å². The van der Waals surface area contributed by atoms with E-state index in [0.717, 1.165) is 6.42 Å². The van der Waals surface area contributed by atoms with Gasteiger partial charge in [0, 0.05) is 0 Å². The third kappa shape index (κ3) is 13.9. The molecule has 1 unspecified atom stereocenters. The summed E-state index contributed by atoms with van der Waals surface area (Å²) in [5, 5.41) is 0. The molecule has 0 aromatic heterocycles. The molecule has 0 heterocycles. The van der Waals surface area contributed by atoms with Crippen LogP contribution in [0.25, 0.3) is 0 Å². The van der Waals surface area contributed by atoms with E-state index < -0.39 is 8.32 Å². The van der Waals surface area contributed by atoms with Crippen molar-refractivity contribution in [1.82, 2.24) is 0 Å². The zero-order valence-corrected chi connectivity index (χ0v) is 14.6. The first-order valence-electron chi connectivity index (χ1n) is 7.95. The molecular weight excluding hydrogens is 248 g/mol. The largest absolute Gasteiger partial charge is 0.411 e. The van der Waals surface area contributed by atoms with Gasteiger partial charge in [-0.2, -0.15) is 0 Å². The monoisotopic (exact) mass is 282 g/mol. The molecule has 0 bridgehead atoms. The number of rotatable bonds is 8. The molecule has 0 saturated carbocycles. The molecular formula is C17H34OSi. The lowest BCUT2D eigenvalue weighted by molar-refractivity contribution is 0.227. The van der Waals surface area contributed by atoms with E-state index in [1.807, 2.05) is 6.08 Å². The average Bonchev–Trinajstić information content (AvgIpc) is 2.90. The molecule has 0 radical (unpaired) electrons. The van der Waals surface area contributed by atoms with Crippen molar-refractivity contribution < 1.29 is 4.43 Å². The van der Waals surface area contributed by atoms with Crippen LogP contribution < -0.4 is 0 Å². The molecule has 2 heteroatoms. The van der Waals surface area contributed by atoms with Crippen molar-refractivity contribution >= 4 is 8.32 Å². The predicted octanol–water partition coefficient (Wildman–Crippen LogP) is 6.09. The second-order valence-electron chi connectivity index (χ2n) is 6.26. The van der Waals surface area contributed by atoms with E-state index in [1.165, 1.54) is 44.9 Å². The summed E-state index contributed by atoms with van der Waals surface area (Å²) in [6.07, 6.45) is 17.1. The number of allylic oxidation sites excluding steroid dienone is 2. The molecule has 0 N–H and O–H groups in total. The van der Waals surface area contributed by atoms with Gasteiger partial charge in [-0.1, -0.05) is 50.8 Å². The highest BCUT2D eigenvalue weighted by atomic mass is 28.4. The average molecular weight is 283 g/mol. The van der Waals surface area contributed by atoms with Gasteiger partial charge in [0.1, 0.15) is 0 Å². The van der Waals surface area contributed by atoms with E-state index >= 15 is 0 Å². The van der Waals surface area contributed by atoms with Gasteiger partial charge in [0.05, 0.1) is 6.10 Å². The minimum atomic E-state index is -1.38. The Hall–Kier alpha value is -0.343. The Balaban J connectivity index is 0.000000532. The van der Waals surface area contributed by atoms with Crippen molar-refractivity contribution in [1.29, 1.82) is 0 Å². The van der Waals surface area contributed by atoms with Crippen molar-refractivity contribution in [3.05, 3.63) is 24.8 Å². The molecule has 1 aliphatic carbocycles. The van der Waals surface area contributed by atoms with Crippen LogP contribution in [0.2, 0.25) is 19.6 Å². The molecule has 19 heavy (non-hydrogen) atoms. The van der Waals surface area contributed by atoms with Crippen LogP contribution >= 0.6 is 0 Å². The van der Waals surface area contributed by atoms with Crippen LogP contribution in [0.15, 0.2) is 24.8 Å². The molecule has 1 aliphatic rings. The Kier molecular flexibility index (Phi) is 11.3. The first kappa shape index (κ1) is 18.7. The van der Waals surface area contributed by atoms with Crippen LogP contribution in [0.5, 0.6) is 0 Å². The molecule has 1 nitrogen and oxygen atoms in total. The first-order valence-corrected chi connectivity index (χ1v) is 11.4. The highest BCUT2D eigenvalue weighted by molar-refractivity contribution is 6.69. The molecule has 0 aliphatic heterocycles. The fourth-order valence-electron chi connectivity index (χ4n) is 2.04. The van der Waals surface area contributed by atoms with E-state index in [0.29, 0.717) is 6.10 Å². The lowest BCUT2D eigenvalue weighted by Crippen LogP contribution is -2.30. The molecule has 0 saturated heterocycles. The molecule has 1 rings (SSSR count). The van der Waals surface area contributed by atoms with E-state index in [2.05, 4.69) is 45.3 Å². The highest BCUT2D eigenvalue weighted by Gasteiger charge is 2.18. The number of hydrogen-bond donors (Lipinski definition) is 0. The van der Waals surface area contributed by atoms with Gasteiger partial charge in [-0.25, -0.2) is 0 Å². The van der Waals surface area contributed by atoms with Gasteiger partial charge in [0.2, 0.25) is 0 Å². The van der Waals surface area contributed by atoms with Crippen LogP contribution in [-0.2, 0) is 4.43 Å². The smallest absolute Gasteiger partial charge is 0.184 e. The maximum absolute atomic E-state index is 5.99. The summed E-state index contributed by atoms with van der Waals surface area (Å²) in [5.74, 6) is 0. The van der Waals surface area contributed by atoms with Crippen molar-refractivity contribution in [3.63, 3.8) is 0 Å². The van der Waals surface area contributed by atoms with Crippen LogP contribution in [0.1, 0.15) is 58.3 Å². The summed E-state index contributed by atoms with van der Waals surface area (Å²) in [5.41, 5.74) is 0. The van der Waals surface area contributed by atoms with Gasteiger partial charge in [0.15, 0.2) is 8.32 Å². The Bertz CT molecular complexity index is 234. The standard InChI is InChI=1S/C12H26OSi.C5H8/c1-6-8-9-10-11-12(7-2)13-14(3,4)5;1-2-4-5-3-1/h7,12H,2,6,8-11H2,1,3-5H3;1-2H,3-5H2. The van der Waals surface area contributed by atoms with Gasteiger partial charge in [0.25, 0.3) is 0 Å². The van der Waals surface area contributed by atoms with Crippen LogP contribution in [0, 0.1) is 0 Å². The third-order valence-electron chi connectivity index (χ3n) is 3.02. The van der Waals surface area contributed by atoms with Gasteiger partial charge < -0.3 is 4.43 Å². The van der Waals surface area contributed by atoms with Crippen molar-refractivity contribution in [2.75, 3.05) is 0 Å². The highest BCUT2D eigenvalue weighted by Crippen LogP contribution is 2.14. The SMILES string of the molecule is C1=CCCC1.C=CC(CCCCCC)O[Si](C)(C)C. The maximum Gasteiger partial charge on any atom is 0.184 e. The van der Waals surface area contributed by atoms with Crippen LogP contribution in [-0.4, -0.2) is 14.4 Å². The fraction of sp³-hybridized carbons (Fsp3) is 0.765. The summed E-state index contributed by atoms with van der Waals surface area (Å²) in [4.78, 5) is 0. The van der Waals surface area contributed by atoms with Gasteiger partial charge in [-0.15, -0.1) is 6.58 Å². The summed E-state index contributed by atoms with van der Waals surface area (Å²) in [6, 6.07) is 0. The van der Waals surface area contributed by atoms with E-state index in [4.69, 9.17) is 4.43 Å². The molecule has 112 valence electrons. The molecule has 0 aromatic rings. The van der Waals surface area contributed by atoms with Crippen LogP contribution in [0.3, 0.4) is 0 Å². The lowest BCUT2D eigenvalue weighted by atomic mass is 10.1. The minimum absolute atomic E-state index is 0.290. The predicted molar refractivity (Wildman–Crippen MR) is 90.2 cm³/mol.